The molecule has 1 unspecified atom stereocenters. The molecule has 0 aliphatic carbocycles. The average Bonchev–Trinajstić information content (AvgIpc) is 2.02. The first-order valence-corrected chi connectivity index (χ1v) is 8.45. The summed E-state index contributed by atoms with van der Waals surface area (Å²) in [5.74, 6) is 0.704. The molecule has 1 radical (unpaired) electrons. The van der Waals surface area contributed by atoms with Gasteiger partial charge in [0.1, 0.15) is 0 Å². The van der Waals surface area contributed by atoms with E-state index in [9.17, 15) is 0 Å². The molecule has 0 bridgehead atoms. The molecule has 67 valence electrons. The quantitative estimate of drug-likeness (QED) is 0.622. The highest BCUT2D eigenvalue weighted by Crippen LogP contribution is 2.09. The molecule has 0 N–H and O–H groups in total. The highest BCUT2D eigenvalue weighted by Gasteiger charge is 1.94. The van der Waals surface area contributed by atoms with Crippen molar-refractivity contribution >= 4 is 33.5 Å². The maximum atomic E-state index is 4.90. The van der Waals surface area contributed by atoms with Crippen LogP contribution in [0.15, 0.2) is 0 Å². The van der Waals surface area contributed by atoms with Crippen molar-refractivity contribution < 1.29 is 0 Å². The molecule has 0 saturated carbocycles. The van der Waals surface area contributed by atoms with Crippen LogP contribution in [-0.4, -0.2) is 13.4 Å². The molecule has 0 aromatic rings. The molecular weight excluding hydrogens is 194 g/mol. The lowest BCUT2D eigenvalue weighted by Crippen LogP contribution is -1.90. The van der Waals surface area contributed by atoms with Crippen LogP contribution in [0.25, 0.3) is 0 Å². The third-order valence-corrected chi connectivity index (χ3v) is 1.54. The van der Waals surface area contributed by atoms with E-state index in [1.54, 1.807) is 0 Å². The molecule has 0 amide bonds. The van der Waals surface area contributed by atoms with Crippen LogP contribution in [0.4, 0.5) is 0 Å². The zero-order valence-corrected chi connectivity index (χ0v) is 10.5. The van der Waals surface area contributed by atoms with E-state index < -0.39 is 13.4 Å². The van der Waals surface area contributed by atoms with Gasteiger partial charge < -0.3 is 0 Å². The average molecular weight is 212 g/mol. The van der Waals surface area contributed by atoms with Crippen LogP contribution >= 0.6 is 20.1 Å². The summed E-state index contributed by atoms with van der Waals surface area (Å²) in [5, 5.41) is 0. The monoisotopic (exact) mass is 211 g/mol. The Labute approximate surface area is 85.8 Å². The van der Waals surface area contributed by atoms with Gasteiger partial charge in [-0.3, -0.25) is 0 Å². The Kier molecular flexibility index (Phi) is 18.2. The number of rotatable bonds is 4. The molecule has 1 atom stereocenters. The summed E-state index contributed by atoms with van der Waals surface area (Å²) in [5.41, 5.74) is 0. The minimum atomic E-state index is -0.639. The minimum Gasteiger partial charge on any atom is -0.240 e. The summed E-state index contributed by atoms with van der Waals surface area (Å²) < 4.78 is 0. The van der Waals surface area contributed by atoms with Crippen LogP contribution in [-0.2, 0) is 0 Å². The van der Waals surface area contributed by atoms with E-state index in [0.29, 0.717) is 5.92 Å². The minimum absolute atomic E-state index is 0.639. The fourth-order valence-electron chi connectivity index (χ4n) is 0.697. The van der Waals surface area contributed by atoms with E-state index in [2.05, 4.69) is 20.8 Å². The zero-order chi connectivity index (χ0) is 9.11. The van der Waals surface area contributed by atoms with Crippen LogP contribution in [0.5, 0.6) is 0 Å². The Morgan fingerprint density at radius 3 is 2.09 bits per heavy atom. The molecule has 11 heavy (non-hydrogen) atoms. The summed E-state index contributed by atoms with van der Waals surface area (Å²) in [6.45, 7) is 8.42. The third kappa shape index (κ3) is 18.2. The maximum absolute atomic E-state index is 4.90. The van der Waals surface area contributed by atoms with Crippen molar-refractivity contribution in [2.45, 2.75) is 39.5 Å². The Morgan fingerprint density at radius 1 is 1.36 bits per heavy atom. The van der Waals surface area contributed by atoms with Gasteiger partial charge in [-0.1, -0.05) is 46.5 Å². The van der Waals surface area contributed by atoms with E-state index in [0.717, 1.165) is 0 Å². The predicted octanol–water partition coefficient (Wildman–Crippen LogP) is 3.77. The van der Waals surface area contributed by atoms with Crippen LogP contribution < -0.4 is 0 Å². The maximum Gasteiger partial charge on any atom is 0.499 e. The van der Waals surface area contributed by atoms with E-state index in [-0.39, 0.29) is 0 Å². The lowest BCUT2D eigenvalue weighted by Gasteiger charge is -2.04. The van der Waals surface area contributed by atoms with Gasteiger partial charge in [-0.2, -0.15) is 0 Å². The molecule has 0 aliphatic heterocycles. The summed E-state index contributed by atoms with van der Waals surface area (Å²) in [4.78, 5) is 0. The Morgan fingerprint density at radius 2 is 1.82 bits per heavy atom. The van der Waals surface area contributed by atoms with Gasteiger partial charge >= 0.3 is 13.4 Å². The van der Waals surface area contributed by atoms with Crippen molar-refractivity contribution in [2.75, 3.05) is 0 Å². The summed E-state index contributed by atoms with van der Waals surface area (Å²) in [6, 6.07) is 0. The molecule has 3 heteroatoms. The first-order chi connectivity index (χ1) is 5.22. The Balaban J connectivity index is 0. The highest BCUT2D eigenvalue weighted by molar-refractivity contribution is 7.22. The van der Waals surface area contributed by atoms with Crippen LogP contribution in [0.2, 0.25) is 0 Å². The SMILES string of the molecule is [CH2]C(CC)CCCC.[Cl][AlH][Cl]. The molecule has 0 heterocycles. The lowest BCUT2D eigenvalue weighted by molar-refractivity contribution is 0.537. The Hall–Kier alpha value is 1.11. The molecule has 0 aliphatic rings. The number of hydrogen-bond donors (Lipinski definition) is 0. The standard InChI is InChI=1S/C8H17.Al.2ClH.H/c1-4-6-7-8(3)5-2;;;;/h8H,3-7H2,1-2H3;;2*1H;/q;+2;;;/p-2. The third-order valence-electron chi connectivity index (χ3n) is 1.54. The summed E-state index contributed by atoms with van der Waals surface area (Å²) in [6.07, 6.45) is 5.21. The van der Waals surface area contributed by atoms with Crippen molar-refractivity contribution in [3.63, 3.8) is 0 Å². The van der Waals surface area contributed by atoms with E-state index in [1.165, 1.54) is 25.7 Å². The normalized spacial score (nSPS) is 11.4. The van der Waals surface area contributed by atoms with Gasteiger partial charge in [0.15, 0.2) is 0 Å². The second-order valence-electron chi connectivity index (χ2n) is 2.52. The molecule has 0 saturated heterocycles. The Bertz CT molecular complexity index is 60.1. The number of unbranched alkanes of at least 4 members (excludes halogenated alkanes) is 1. The smallest absolute Gasteiger partial charge is 0.240 e. The van der Waals surface area contributed by atoms with Crippen molar-refractivity contribution in [1.82, 2.24) is 0 Å². The number of hydrogen-bond acceptors (Lipinski definition) is 0. The van der Waals surface area contributed by atoms with Crippen LogP contribution in [0, 0.1) is 12.8 Å². The molecule has 0 aromatic carbocycles. The van der Waals surface area contributed by atoms with Gasteiger partial charge in [0.05, 0.1) is 0 Å². The second kappa shape index (κ2) is 13.7. The predicted molar refractivity (Wildman–Crippen MR) is 57.5 cm³/mol. The fourth-order valence-corrected chi connectivity index (χ4v) is 0.697. The van der Waals surface area contributed by atoms with Crippen molar-refractivity contribution in [3.05, 3.63) is 6.92 Å². The topological polar surface area (TPSA) is 0 Å². The molecular formula is C8H18AlCl2. The van der Waals surface area contributed by atoms with Crippen LogP contribution in [0.3, 0.4) is 0 Å². The molecule has 0 aromatic heterocycles. The first-order valence-electron chi connectivity index (χ1n) is 4.17. The fraction of sp³-hybridized carbons (Fsp3) is 0.875. The molecule has 0 fully saturated rings. The van der Waals surface area contributed by atoms with Crippen LogP contribution in [0.1, 0.15) is 39.5 Å². The summed E-state index contributed by atoms with van der Waals surface area (Å²) >= 11 is -0.639. The molecule has 0 nitrogen and oxygen atoms in total. The first kappa shape index (κ1) is 14.6. The van der Waals surface area contributed by atoms with Gasteiger partial charge in [-0.05, 0) is 5.92 Å². The van der Waals surface area contributed by atoms with E-state index in [1.807, 2.05) is 0 Å². The van der Waals surface area contributed by atoms with Gasteiger partial charge in [0, 0.05) is 0 Å². The number of halogens is 2. The van der Waals surface area contributed by atoms with Gasteiger partial charge in [0.2, 0.25) is 0 Å². The van der Waals surface area contributed by atoms with E-state index in [4.69, 9.17) is 20.1 Å². The zero-order valence-electron chi connectivity index (χ0n) is 7.58. The summed E-state index contributed by atoms with van der Waals surface area (Å²) in [7, 11) is 9.81. The highest BCUT2D eigenvalue weighted by atomic mass is 35.7. The van der Waals surface area contributed by atoms with Crippen molar-refractivity contribution in [3.8, 4) is 0 Å². The van der Waals surface area contributed by atoms with Crippen molar-refractivity contribution in [1.29, 1.82) is 0 Å². The molecule has 0 spiro atoms. The van der Waals surface area contributed by atoms with Gasteiger partial charge in [-0.25, -0.2) is 20.1 Å². The largest absolute Gasteiger partial charge is 0.499 e. The van der Waals surface area contributed by atoms with Crippen molar-refractivity contribution in [2.24, 2.45) is 5.92 Å². The second-order valence-corrected chi connectivity index (χ2v) is 5.14. The van der Waals surface area contributed by atoms with Gasteiger partial charge in [-0.15, -0.1) is 0 Å². The van der Waals surface area contributed by atoms with E-state index >= 15 is 0 Å². The lowest BCUT2D eigenvalue weighted by atomic mass is 10.0. The molecule has 0 rings (SSSR count). The van der Waals surface area contributed by atoms with Gasteiger partial charge in [0.25, 0.3) is 0 Å².